The molecule has 0 atom stereocenters. The molecule has 1 rings (SSSR count). The number of allylic oxidation sites excluding steroid dienone is 1. The van der Waals surface area contributed by atoms with Gasteiger partial charge in [-0.1, -0.05) is 6.07 Å². The number of benzene rings is 1. The molecule has 5 heteroatoms. The third-order valence-electron chi connectivity index (χ3n) is 1.54. The zero-order valence-electron chi connectivity index (χ0n) is 6.98. The first kappa shape index (κ1) is 9.86. The maximum atomic E-state index is 13.0. The SMILES string of the molecule is N#CC=Cc1cccc(F)c1[N+](=O)[O-]. The minimum atomic E-state index is -0.907. The Morgan fingerprint density at radius 2 is 2.29 bits per heavy atom. The summed E-state index contributed by atoms with van der Waals surface area (Å²) in [5.74, 6) is -0.907. The van der Waals surface area contributed by atoms with E-state index in [1.54, 1.807) is 6.07 Å². The molecule has 0 aliphatic rings. The van der Waals surface area contributed by atoms with Crippen LogP contribution >= 0.6 is 0 Å². The van der Waals surface area contributed by atoms with Gasteiger partial charge in [-0.3, -0.25) is 10.1 Å². The molecule has 0 aliphatic heterocycles. The number of hydrogen-bond donors (Lipinski definition) is 0. The molecule has 0 bridgehead atoms. The fraction of sp³-hybridized carbons (Fsp3) is 0. The van der Waals surface area contributed by atoms with E-state index in [4.69, 9.17) is 5.26 Å². The second kappa shape index (κ2) is 4.14. The van der Waals surface area contributed by atoms with Crippen LogP contribution in [0.25, 0.3) is 6.08 Å². The van der Waals surface area contributed by atoms with Crippen molar-refractivity contribution >= 4 is 11.8 Å². The summed E-state index contributed by atoms with van der Waals surface area (Å²) in [5, 5.41) is 18.7. The Bertz CT molecular complexity index is 435. The maximum absolute atomic E-state index is 13.0. The number of para-hydroxylation sites is 1. The normalized spacial score (nSPS) is 10.0. The summed E-state index contributed by atoms with van der Waals surface area (Å²) in [6.45, 7) is 0. The number of nitro benzene ring substituents is 1. The third-order valence-corrected chi connectivity index (χ3v) is 1.54. The van der Waals surface area contributed by atoms with Crippen molar-refractivity contribution < 1.29 is 9.31 Å². The zero-order valence-corrected chi connectivity index (χ0v) is 6.98. The Kier molecular flexibility index (Phi) is 2.92. The second-order valence-corrected chi connectivity index (χ2v) is 2.40. The van der Waals surface area contributed by atoms with E-state index < -0.39 is 16.4 Å². The number of nitrogens with zero attached hydrogens (tertiary/aromatic N) is 2. The minimum Gasteiger partial charge on any atom is -0.258 e. The van der Waals surface area contributed by atoms with Gasteiger partial charge in [0.1, 0.15) is 0 Å². The van der Waals surface area contributed by atoms with Gasteiger partial charge < -0.3 is 0 Å². The molecule has 0 heterocycles. The van der Waals surface area contributed by atoms with Crippen LogP contribution in [0, 0.1) is 27.3 Å². The molecular weight excluding hydrogens is 187 g/mol. The van der Waals surface area contributed by atoms with Crippen LogP contribution < -0.4 is 0 Å². The van der Waals surface area contributed by atoms with E-state index in [1.807, 2.05) is 0 Å². The fourth-order valence-corrected chi connectivity index (χ4v) is 0.986. The highest BCUT2D eigenvalue weighted by atomic mass is 19.1. The van der Waals surface area contributed by atoms with Gasteiger partial charge in [0.05, 0.1) is 16.6 Å². The molecular formula is C9H5FN2O2. The highest BCUT2D eigenvalue weighted by Gasteiger charge is 2.17. The topological polar surface area (TPSA) is 66.9 Å². The van der Waals surface area contributed by atoms with E-state index >= 15 is 0 Å². The molecule has 0 fully saturated rings. The summed E-state index contributed by atoms with van der Waals surface area (Å²) < 4.78 is 13.0. The van der Waals surface area contributed by atoms with E-state index in [0.29, 0.717) is 0 Å². The number of nitriles is 1. The van der Waals surface area contributed by atoms with Crippen LogP contribution in [0.1, 0.15) is 5.56 Å². The Morgan fingerprint density at radius 3 is 2.86 bits per heavy atom. The average Bonchev–Trinajstić information content (AvgIpc) is 2.14. The molecule has 0 unspecified atom stereocenters. The predicted molar refractivity (Wildman–Crippen MR) is 47.7 cm³/mol. The largest absolute Gasteiger partial charge is 0.311 e. The summed E-state index contributed by atoms with van der Waals surface area (Å²) in [6.07, 6.45) is 2.25. The molecule has 4 nitrogen and oxygen atoms in total. The molecule has 0 spiro atoms. The lowest BCUT2D eigenvalue weighted by Crippen LogP contribution is -1.94. The van der Waals surface area contributed by atoms with Crippen molar-refractivity contribution in [1.29, 1.82) is 5.26 Å². The second-order valence-electron chi connectivity index (χ2n) is 2.40. The smallest absolute Gasteiger partial charge is 0.258 e. The van der Waals surface area contributed by atoms with Gasteiger partial charge in [-0.05, 0) is 18.2 Å². The van der Waals surface area contributed by atoms with Gasteiger partial charge in [-0.25, -0.2) is 0 Å². The monoisotopic (exact) mass is 192 g/mol. The first-order valence-corrected chi connectivity index (χ1v) is 3.66. The molecule has 0 amide bonds. The number of hydrogen-bond acceptors (Lipinski definition) is 3. The Morgan fingerprint density at radius 1 is 1.57 bits per heavy atom. The van der Waals surface area contributed by atoms with Crippen molar-refractivity contribution in [3.05, 3.63) is 45.8 Å². The average molecular weight is 192 g/mol. The van der Waals surface area contributed by atoms with Gasteiger partial charge in [-0.15, -0.1) is 0 Å². The van der Waals surface area contributed by atoms with Gasteiger partial charge in [0.2, 0.25) is 5.82 Å². The van der Waals surface area contributed by atoms with E-state index in [1.165, 1.54) is 18.2 Å². The fourth-order valence-electron chi connectivity index (χ4n) is 0.986. The van der Waals surface area contributed by atoms with Crippen LogP contribution in [-0.2, 0) is 0 Å². The van der Waals surface area contributed by atoms with Crippen LogP contribution in [0.3, 0.4) is 0 Å². The molecule has 0 aliphatic carbocycles. The zero-order chi connectivity index (χ0) is 10.6. The Labute approximate surface area is 79.0 Å². The van der Waals surface area contributed by atoms with Crippen LogP contribution in [0.15, 0.2) is 24.3 Å². The third kappa shape index (κ3) is 1.93. The summed E-state index contributed by atoms with van der Waals surface area (Å²) in [4.78, 5) is 9.64. The molecule has 0 radical (unpaired) electrons. The lowest BCUT2D eigenvalue weighted by molar-refractivity contribution is -0.387. The van der Waals surface area contributed by atoms with Crippen molar-refractivity contribution in [2.24, 2.45) is 0 Å². The van der Waals surface area contributed by atoms with E-state index in [0.717, 1.165) is 12.1 Å². The number of nitro groups is 1. The van der Waals surface area contributed by atoms with Crippen molar-refractivity contribution in [2.75, 3.05) is 0 Å². The lowest BCUT2D eigenvalue weighted by Gasteiger charge is -1.96. The van der Waals surface area contributed by atoms with Crippen LogP contribution in [0.4, 0.5) is 10.1 Å². The van der Waals surface area contributed by atoms with Gasteiger partial charge in [0.15, 0.2) is 0 Å². The minimum absolute atomic E-state index is 0.0801. The molecule has 1 aromatic rings. The maximum Gasteiger partial charge on any atom is 0.311 e. The Balaban J connectivity index is 3.30. The first-order chi connectivity index (χ1) is 6.66. The van der Waals surface area contributed by atoms with Crippen LogP contribution in [0.2, 0.25) is 0 Å². The van der Waals surface area contributed by atoms with Crippen LogP contribution in [0.5, 0.6) is 0 Å². The van der Waals surface area contributed by atoms with Crippen LogP contribution in [-0.4, -0.2) is 4.92 Å². The van der Waals surface area contributed by atoms with Gasteiger partial charge in [-0.2, -0.15) is 9.65 Å². The Hall–Kier alpha value is -2.22. The summed E-state index contributed by atoms with van der Waals surface area (Å²) in [7, 11) is 0. The first-order valence-electron chi connectivity index (χ1n) is 3.66. The molecule has 0 aromatic heterocycles. The molecule has 0 N–H and O–H groups in total. The molecule has 0 saturated carbocycles. The molecule has 70 valence electrons. The summed E-state index contributed by atoms with van der Waals surface area (Å²) in [6, 6.07) is 5.39. The quantitative estimate of drug-likeness (QED) is 0.410. The van der Waals surface area contributed by atoms with Crippen molar-refractivity contribution in [3.8, 4) is 6.07 Å². The predicted octanol–water partition coefficient (Wildman–Crippen LogP) is 2.27. The van der Waals surface area contributed by atoms with E-state index in [9.17, 15) is 14.5 Å². The lowest BCUT2D eigenvalue weighted by atomic mass is 10.1. The highest BCUT2D eigenvalue weighted by molar-refractivity contribution is 5.62. The van der Waals surface area contributed by atoms with Crippen molar-refractivity contribution in [1.82, 2.24) is 0 Å². The summed E-state index contributed by atoms with van der Waals surface area (Å²) >= 11 is 0. The van der Waals surface area contributed by atoms with Crippen molar-refractivity contribution in [3.63, 3.8) is 0 Å². The number of halogens is 1. The number of rotatable bonds is 2. The van der Waals surface area contributed by atoms with E-state index in [2.05, 4.69) is 0 Å². The molecule has 0 saturated heterocycles. The van der Waals surface area contributed by atoms with E-state index in [-0.39, 0.29) is 5.56 Å². The van der Waals surface area contributed by atoms with Gasteiger partial charge >= 0.3 is 5.69 Å². The molecule has 14 heavy (non-hydrogen) atoms. The summed E-state index contributed by atoms with van der Waals surface area (Å²) in [5.41, 5.74) is -0.532. The van der Waals surface area contributed by atoms with Gasteiger partial charge in [0.25, 0.3) is 0 Å². The van der Waals surface area contributed by atoms with Gasteiger partial charge in [0, 0.05) is 6.08 Å². The standard InChI is InChI=1S/C9H5FN2O2/c10-8-5-1-3-7(4-2-6-11)9(8)12(13)14/h1-5H. The molecule has 1 aromatic carbocycles. The highest BCUT2D eigenvalue weighted by Crippen LogP contribution is 2.23. The van der Waals surface area contributed by atoms with Crippen molar-refractivity contribution in [2.45, 2.75) is 0 Å².